The van der Waals surface area contributed by atoms with E-state index in [-0.39, 0.29) is 59.9 Å². The summed E-state index contributed by atoms with van der Waals surface area (Å²) < 4.78 is 0.250. The summed E-state index contributed by atoms with van der Waals surface area (Å²) in [5.74, 6) is 0. The van der Waals surface area contributed by atoms with Gasteiger partial charge in [0.25, 0.3) is 0 Å². The molecule has 0 aromatic heterocycles. The molecule has 0 amide bonds. The van der Waals surface area contributed by atoms with Crippen LogP contribution in [-0.2, 0) is 37.9 Å². The molecule has 83 valence electrons. The van der Waals surface area contributed by atoms with E-state index in [1.54, 1.807) is 0 Å². The van der Waals surface area contributed by atoms with Crippen LogP contribution in [0.15, 0.2) is 0 Å². The maximum absolute atomic E-state index is 4.66. The molecule has 0 aromatic rings. The topological polar surface area (TPSA) is 78.1 Å². The Morgan fingerprint density at radius 2 is 0.692 bits per heavy atom. The molecular formula is C3H6N3S6Yb. The molecule has 0 saturated carbocycles. The van der Waals surface area contributed by atoms with Gasteiger partial charge in [0.1, 0.15) is 0 Å². The predicted octanol–water partition coefficient (Wildman–Crippen LogP) is -0.669. The van der Waals surface area contributed by atoms with E-state index in [0.717, 1.165) is 0 Å². The molecule has 13 heavy (non-hydrogen) atoms. The number of rotatable bonds is 0. The van der Waals surface area contributed by atoms with Gasteiger partial charge in [-0.25, -0.2) is 0 Å². The Labute approximate surface area is 149 Å². The standard InChI is InChI=1S/3CH3NS2.Yb/c3*2-1(3)4;/h3*(H3,2,3,4);/q;;;+3/p-3. The van der Waals surface area contributed by atoms with Gasteiger partial charge in [-0.3, -0.25) is 0 Å². The van der Waals surface area contributed by atoms with Gasteiger partial charge in [-0.1, -0.05) is 13.0 Å². The zero-order valence-corrected chi connectivity index (χ0v) is 12.6. The summed E-state index contributed by atoms with van der Waals surface area (Å²) in [7, 11) is 0. The average molecular weight is 450 g/mol. The van der Waals surface area contributed by atoms with E-state index in [9.17, 15) is 0 Å². The van der Waals surface area contributed by atoms with Crippen LogP contribution in [0.25, 0.3) is 0 Å². The molecule has 0 bridgehead atoms. The number of hydrogen-bond acceptors (Lipinski definition) is 6. The van der Waals surface area contributed by atoms with E-state index in [4.69, 9.17) is 0 Å². The van der Waals surface area contributed by atoms with Crippen LogP contribution in [0, 0.1) is 46.9 Å². The van der Waals surface area contributed by atoms with Gasteiger partial charge >= 0.3 is 46.9 Å². The second-order valence-corrected chi connectivity index (χ2v) is 4.37. The van der Waals surface area contributed by atoms with Crippen LogP contribution < -0.4 is 17.2 Å². The molecule has 1 radical (unpaired) electrons. The van der Waals surface area contributed by atoms with E-state index in [0.29, 0.717) is 0 Å². The maximum atomic E-state index is 4.66. The van der Waals surface area contributed by atoms with Crippen molar-refractivity contribution in [2.45, 2.75) is 0 Å². The van der Waals surface area contributed by atoms with Gasteiger partial charge in [0.05, 0.1) is 0 Å². The first-order chi connectivity index (χ1) is 5.20. The third-order valence-electron chi connectivity index (χ3n) is 0. The summed E-state index contributed by atoms with van der Waals surface area (Å²) >= 11 is 24.8. The Balaban J connectivity index is -0.0000000450. The third-order valence-corrected chi connectivity index (χ3v) is 0. The molecular weight excluding hydrogens is 443 g/mol. The molecule has 0 aliphatic rings. The van der Waals surface area contributed by atoms with Crippen LogP contribution in [0.2, 0.25) is 0 Å². The maximum Gasteiger partial charge on any atom is 3.00 e. The fraction of sp³-hybridized carbons (Fsp3) is 0. The van der Waals surface area contributed by atoms with Crippen molar-refractivity contribution in [1.29, 1.82) is 0 Å². The van der Waals surface area contributed by atoms with Crippen molar-refractivity contribution >= 4 is 87.5 Å². The molecule has 6 N–H and O–H groups in total. The quantitative estimate of drug-likeness (QED) is 0.330. The van der Waals surface area contributed by atoms with Crippen molar-refractivity contribution in [3.05, 3.63) is 0 Å². The van der Waals surface area contributed by atoms with Crippen molar-refractivity contribution < 1.29 is 46.9 Å². The average Bonchev–Trinajstić information content (AvgIpc) is 1.54. The summed E-state index contributed by atoms with van der Waals surface area (Å²) in [6.07, 6.45) is 0. The zero-order chi connectivity index (χ0) is 10.7. The van der Waals surface area contributed by atoms with Crippen molar-refractivity contribution in [1.82, 2.24) is 0 Å². The first kappa shape index (κ1) is 24.2. The van der Waals surface area contributed by atoms with Crippen molar-refractivity contribution in [2.24, 2.45) is 17.2 Å². The van der Waals surface area contributed by atoms with Gasteiger partial charge in [0.2, 0.25) is 0 Å². The SMILES string of the molecule is NC(=S)[S-].NC(=S)[S-].NC(=S)[S-].[Yb+3]. The Kier molecular flexibility index (Phi) is 36.2. The van der Waals surface area contributed by atoms with Crippen molar-refractivity contribution in [2.75, 3.05) is 0 Å². The minimum Gasteiger partial charge on any atom is -0.415 e. The van der Waals surface area contributed by atoms with E-state index in [1.807, 2.05) is 0 Å². The van der Waals surface area contributed by atoms with Crippen molar-refractivity contribution in [3.63, 3.8) is 0 Å². The minimum absolute atomic E-state index is 0. The number of nitrogens with two attached hydrogens (primary N) is 3. The Hall–Kier alpha value is 1.85. The Morgan fingerprint density at radius 1 is 0.692 bits per heavy atom. The fourth-order valence-corrected chi connectivity index (χ4v) is 0. The van der Waals surface area contributed by atoms with Crippen LogP contribution in [0.1, 0.15) is 0 Å². The molecule has 0 aliphatic heterocycles. The Bertz CT molecular complexity index is 121. The summed E-state index contributed by atoms with van der Waals surface area (Å²) in [4.78, 5) is 0. The summed E-state index contributed by atoms with van der Waals surface area (Å²) in [6.45, 7) is 0. The molecule has 10 heteroatoms. The second-order valence-electron chi connectivity index (χ2n) is 0.957. The summed E-state index contributed by atoms with van der Waals surface area (Å²) in [5.41, 5.74) is 14.0. The molecule has 0 aromatic carbocycles. The predicted molar refractivity (Wildman–Crippen MR) is 72.5 cm³/mol. The molecule has 0 aliphatic carbocycles. The summed E-state index contributed by atoms with van der Waals surface area (Å²) in [6, 6.07) is 0. The molecule has 0 atom stereocenters. The van der Waals surface area contributed by atoms with Crippen LogP contribution in [-0.4, -0.2) is 13.0 Å². The normalized spacial score (nSPS) is 5.54. The third kappa shape index (κ3) is 569. The Morgan fingerprint density at radius 3 is 0.692 bits per heavy atom. The van der Waals surface area contributed by atoms with Crippen LogP contribution in [0.4, 0.5) is 0 Å². The van der Waals surface area contributed by atoms with Gasteiger partial charge < -0.3 is 91.7 Å². The van der Waals surface area contributed by atoms with Gasteiger partial charge in [0, 0.05) is 0 Å². The smallest absolute Gasteiger partial charge is 0.415 e. The molecule has 0 heterocycles. The molecule has 0 unspecified atom stereocenters. The fourth-order valence-electron chi connectivity index (χ4n) is 0. The first-order valence-corrected chi connectivity index (χ1v) is 4.54. The van der Waals surface area contributed by atoms with Gasteiger partial charge in [-0.15, -0.1) is 0 Å². The monoisotopic (exact) mass is 450 g/mol. The summed E-state index contributed by atoms with van der Waals surface area (Å²) in [5, 5.41) is 0. The first-order valence-electron chi connectivity index (χ1n) is 2.09. The van der Waals surface area contributed by atoms with Crippen LogP contribution in [0.5, 0.6) is 0 Å². The van der Waals surface area contributed by atoms with E-state index in [1.165, 1.54) is 0 Å². The molecule has 3 nitrogen and oxygen atoms in total. The van der Waals surface area contributed by atoms with Crippen molar-refractivity contribution in [3.8, 4) is 0 Å². The minimum atomic E-state index is 0. The van der Waals surface area contributed by atoms with Crippen LogP contribution in [0.3, 0.4) is 0 Å². The molecule has 0 rings (SSSR count). The largest absolute Gasteiger partial charge is 3.00 e. The number of hydrogen-bond donors (Lipinski definition) is 3. The van der Waals surface area contributed by atoms with E-state index in [2.05, 4.69) is 91.7 Å². The molecule has 0 saturated heterocycles. The van der Waals surface area contributed by atoms with E-state index >= 15 is 0 Å². The van der Waals surface area contributed by atoms with Crippen LogP contribution >= 0.6 is 36.7 Å². The van der Waals surface area contributed by atoms with Gasteiger partial charge in [0.15, 0.2) is 0 Å². The molecule has 0 fully saturated rings. The second kappa shape index (κ2) is 19.4. The zero-order valence-electron chi connectivity index (χ0n) is 5.95. The number of thiocarbonyl (C=S) groups is 3. The van der Waals surface area contributed by atoms with Gasteiger partial charge in [-0.2, -0.15) is 0 Å². The van der Waals surface area contributed by atoms with E-state index < -0.39 is 0 Å². The molecule has 0 spiro atoms. The van der Waals surface area contributed by atoms with Gasteiger partial charge in [-0.05, 0) is 0 Å².